The van der Waals surface area contributed by atoms with E-state index < -0.39 is 10.0 Å². The van der Waals surface area contributed by atoms with Crippen LogP contribution in [-0.4, -0.2) is 35.2 Å². The van der Waals surface area contributed by atoms with Crippen LogP contribution in [0.15, 0.2) is 23.1 Å². The van der Waals surface area contributed by atoms with Crippen molar-refractivity contribution in [3.05, 3.63) is 29.3 Å². The minimum Gasteiger partial charge on any atom is -0.381 e. The molecule has 1 fully saturated rings. The third-order valence-corrected chi connectivity index (χ3v) is 5.31. The van der Waals surface area contributed by atoms with Gasteiger partial charge in [0.2, 0.25) is 10.0 Å². The van der Waals surface area contributed by atoms with Crippen molar-refractivity contribution in [1.82, 2.24) is 10.0 Å². The average molecular weight is 312 g/mol. The molecule has 2 rings (SSSR count). The van der Waals surface area contributed by atoms with E-state index in [1.807, 2.05) is 26.1 Å². The number of hydrogen-bond donors (Lipinski definition) is 2. The molecule has 1 aliphatic rings. The molecule has 1 aliphatic heterocycles. The van der Waals surface area contributed by atoms with Gasteiger partial charge in [-0.1, -0.05) is 12.1 Å². The molecule has 0 aliphatic carbocycles. The Morgan fingerprint density at radius 3 is 2.86 bits per heavy atom. The Hall–Kier alpha value is -0.950. The lowest BCUT2D eigenvalue weighted by Gasteiger charge is -2.22. The van der Waals surface area contributed by atoms with E-state index in [2.05, 4.69) is 10.0 Å². The summed E-state index contributed by atoms with van der Waals surface area (Å²) in [6.07, 6.45) is 2.02. The lowest BCUT2D eigenvalue weighted by atomic mass is 10.0. The number of sulfonamides is 1. The lowest BCUT2D eigenvalue weighted by molar-refractivity contribution is 0.0568. The van der Waals surface area contributed by atoms with Crippen LogP contribution in [0.3, 0.4) is 0 Å². The minimum absolute atomic E-state index is 0.273. The van der Waals surface area contributed by atoms with E-state index in [0.29, 0.717) is 24.6 Å². The Balaban J connectivity index is 2.08. The van der Waals surface area contributed by atoms with Gasteiger partial charge in [-0.05, 0) is 49.9 Å². The molecule has 1 atom stereocenters. The minimum atomic E-state index is -3.46. The third kappa shape index (κ3) is 4.51. The first-order chi connectivity index (χ1) is 10.0. The van der Waals surface area contributed by atoms with E-state index in [9.17, 15) is 8.42 Å². The molecule has 6 heteroatoms. The Morgan fingerprint density at radius 1 is 1.38 bits per heavy atom. The summed E-state index contributed by atoms with van der Waals surface area (Å²) in [5.41, 5.74) is 1.73. The summed E-state index contributed by atoms with van der Waals surface area (Å²) in [4.78, 5) is 0.368. The quantitative estimate of drug-likeness (QED) is 0.834. The smallest absolute Gasteiger partial charge is 0.240 e. The van der Waals surface area contributed by atoms with Gasteiger partial charge in [0.05, 0.1) is 11.5 Å². The fourth-order valence-corrected chi connectivity index (χ4v) is 3.93. The summed E-state index contributed by atoms with van der Waals surface area (Å²) in [7, 11) is -1.62. The molecular weight excluding hydrogens is 288 g/mol. The second-order valence-electron chi connectivity index (χ2n) is 5.57. The van der Waals surface area contributed by atoms with Gasteiger partial charge >= 0.3 is 0 Å². The summed E-state index contributed by atoms with van der Waals surface area (Å²) in [6.45, 7) is 4.34. The number of benzene rings is 1. The molecule has 21 heavy (non-hydrogen) atoms. The van der Waals surface area contributed by atoms with Crippen LogP contribution in [-0.2, 0) is 21.3 Å². The maximum Gasteiger partial charge on any atom is 0.240 e. The second-order valence-corrected chi connectivity index (χ2v) is 7.30. The number of hydrogen-bond acceptors (Lipinski definition) is 4. The molecule has 1 aromatic carbocycles. The second kappa shape index (κ2) is 7.35. The van der Waals surface area contributed by atoms with Crippen molar-refractivity contribution >= 4 is 10.0 Å². The molecule has 118 valence electrons. The van der Waals surface area contributed by atoms with Crippen LogP contribution in [0.4, 0.5) is 0 Å². The molecule has 0 aromatic heterocycles. The van der Waals surface area contributed by atoms with Crippen molar-refractivity contribution in [2.45, 2.75) is 31.2 Å². The first kappa shape index (κ1) is 16.4. The van der Waals surface area contributed by atoms with Gasteiger partial charge in [0.1, 0.15) is 0 Å². The van der Waals surface area contributed by atoms with Crippen molar-refractivity contribution in [3.8, 4) is 0 Å². The molecule has 1 heterocycles. The normalized spacial score (nSPS) is 19.6. The fourth-order valence-electron chi connectivity index (χ4n) is 2.52. The predicted octanol–water partition coefficient (Wildman–Crippen LogP) is 1.42. The fraction of sp³-hybridized carbons (Fsp3) is 0.600. The van der Waals surface area contributed by atoms with E-state index in [1.54, 1.807) is 6.07 Å². The van der Waals surface area contributed by atoms with Crippen LogP contribution < -0.4 is 10.0 Å². The molecule has 1 unspecified atom stereocenters. The summed E-state index contributed by atoms with van der Waals surface area (Å²) in [5.74, 6) is 0.273. The van der Waals surface area contributed by atoms with Crippen LogP contribution >= 0.6 is 0 Å². The maximum absolute atomic E-state index is 12.5. The largest absolute Gasteiger partial charge is 0.381 e. The Bertz CT molecular complexity index is 566. The molecule has 1 aromatic rings. The molecule has 1 saturated heterocycles. The predicted molar refractivity (Wildman–Crippen MR) is 82.7 cm³/mol. The monoisotopic (exact) mass is 312 g/mol. The SMILES string of the molecule is CNCc1ccc(C)c(S(=O)(=O)NCC2CCCOC2)c1. The van der Waals surface area contributed by atoms with Crippen molar-refractivity contribution in [2.24, 2.45) is 5.92 Å². The molecule has 0 saturated carbocycles. The number of aryl methyl sites for hydroxylation is 1. The van der Waals surface area contributed by atoms with Gasteiger partial charge in [0.15, 0.2) is 0 Å². The van der Waals surface area contributed by atoms with Gasteiger partial charge in [0, 0.05) is 19.7 Å². The van der Waals surface area contributed by atoms with Crippen LogP contribution in [0.2, 0.25) is 0 Å². The van der Waals surface area contributed by atoms with E-state index in [-0.39, 0.29) is 5.92 Å². The van der Waals surface area contributed by atoms with Crippen LogP contribution in [0, 0.1) is 12.8 Å². The van der Waals surface area contributed by atoms with Gasteiger partial charge in [-0.3, -0.25) is 0 Å². The van der Waals surface area contributed by atoms with Gasteiger partial charge in [-0.2, -0.15) is 0 Å². The topological polar surface area (TPSA) is 67.4 Å². The molecule has 0 bridgehead atoms. The number of ether oxygens (including phenoxy) is 1. The molecule has 0 spiro atoms. The highest BCUT2D eigenvalue weighted by atomic mass is 32.2. The zero-order chi connectivity index (χ0) is 15.3. The van der Waals surface area contributed by atoms with Crippen molar-refractivity contribution in [3.63, 3.8) is 0 Å². The van der Waals surface area contributed by atoms with Gasteiger partial charge < -0.3 is 10.1 Å². The zero-order valence-corrected chi connectivity index (χ0v) is 13.5. The highest BCUT2D eigenvalue weighted by Gasteiger charge is 2.20. The van der Waals surface area contributed by atoms with E-state index >= 15 is 0 Å². The Labute approximate surface area is 127 Å². The average Bonchev–Trinajstić information content (AvgIpc) is 2.48. The van der Waals surface area contributed by atoms with Gasteiger partial charge in [-0.25, -0.2) is 13.1 Å². The standard InChI is InChI=1S/C15H24N2O3S/c1-12-5-6-13(9-16-2)8-15(12)21(18,19)17-10-14-4-3-7-20-11-14/h5-6,8,14,16-17H,3-4,7,9-11H2,1-2H3. The van der Waals surface area contributed by atoms with Crippen molar-refractivity contribution < 1.29 is 13.2 Å². The molecule has 2 N–H and O–H groups in total. The third-order valence-electron chi connectivity index (χ3n) is 3.74. The van der Waals surface area contributed by atoms with Crippen LogP contribution in [0.1, 0.15) is 24.0 Å². The summed E-state index contributed by atoms with van der Waals surface area (Å²) < 4.78 is 33.1. The summed E-state index contributed by atoms with van der Waals surface area (Å²) in [6, 6.07) is 5.54. The number of rotatable bonds is 6. The number of nitrogens with one attached hydrogen (secondary N) is 2. The van der Waals surface area contributed by atoms with E-state index in [4.69, 9.17) is 4.74 Å². The highest BCUT2D eigenvalue weighted by molar-refractivity contribution is 7.89. The van der Waals surface area contributed by atoms with Gasteiger partial charge in [0.25, 0.3) is 0 Å². The molecule has 0 radical (unpaired) electrons. The van der Waals surface area contributed by atoms with E-state index in [0.717, 1.165) is 30.6 Å². The Morgan fingerprint density at radius 2 is 2.19 bits per heavy atom. The molecule has 0 amide bonds. The zero-order valence-electron chi connectivity index (χ0n) is 12.7. The van der Waals surface area contributed by atoms with Crippen LogP contribution in [0.5, 0.6) is 0 Å². The van der Waals surface area contributed by atoms with Crippen molar-refractivity contribution in [2.75, 3.05) is 26.8 Å². The lowest BCUT2D eigenvalue weighted by Crippen LogP contribution is -2.33. The molecule has 5 nitrogen and oxygen atoms in total. The van der Waals surface area contributed by atoms with Crippen LogP contribution in [0.25, 0.3) is 0 Å². The maximum atomic E-state index is 12.5. The summed E-state index contributed by atoms with van der Waals surface area (Å²) in [5, 5.41) is 3.03. The molecular formula is C15H24N2O3S. The van der Waals surface area contributed by atoms with Gasteiger partial charge in [-0.15, -0.1) is 0 Å². The first-order valence-electron chi connectivity index (χ1n) is 7.34. The van der Waals surface area contributed by atoms with E-state index in [1.165, 1.54) is 0 Å². The summed E-state index contributed by atoms with van der Waals surface area (Å²) >= 11 is 0. The first-order valence-corrected chi connectivity index (χ1v) is 8.83. The Kier molecular flexibility index (Phi) is 5.75. The van der Waals surface area contributed by atoms with Crippen molar-refractivity contribution in [1.29, 1.82) is 0 Å². The highest BCUT2D eigenvalue weighted by Crippen LogP contribution is 2.18.